The van der Waals surface area contributed by atoms with E-state index in [1.807, 2.05) is 55.5 Å². The average Bonchev–Trinajstić information content (AvgIpc) is 3.11. The number of sulfone groups is 1. The fourth-order valence-corrected chi connectivity index (χ4v) is 8.06. The van der Waals surface area contributed by atoms with Crippen molar-refractivity contribution in [3.63, 3.8) is 0 Å². The first-order chi connectivity index (χ1) is 23.2. The molecule has 0 aromatic heterocycles. The summed E-state index contributed by atoms with van der Waals surface area (Å²) in [5.74, 6) is 0.709. The lowest BCUT2D eigenvalue weighted by Gasteiger charge is -2.28. The minimum atomic E-state index is -3.73. The van der Waals surface area contributed by atoms with E-state index in [9.17, 15) is 18.6 Å². The number of hydrogen-bond donors (Lipinski definition) is 2. The maximum Gasteiger partial charge on any atom is 0.206 e. The molecular weight excluding hydrogens is 625 g/mol. The molecule has 0 aliphatic heterocycles. The third-order valence-electron chi connectivity index (χ3n) is 9.87. The molecule has 0 spiro atoms. The first-order valence-electron chi connectivity index (χ1n) is 17.0. The highest BCUT2D eigenvalue weighted by molar-refractivity contribution is 7.91. The topological polar surface area (TPSA) is 102 Å². The second-order valence-electron chi connectivity index (χ2n) is 13.1. The van der Waals surface area contributed by atoms with Crippen LogP contribution in [-0.4, -0.2) is 50.2 Å². The Morgan fingerprint density at radius 3 is 1.54 bits per heavy atom. The van der Waals surface area contributed by atoms with E-state index in [2.05, 4.69) is 12.1 Å². The Morgan fingerprint density at radius 1 is 0.604 bits per heavy atom. The quantitative estimate of drug-likeness (QED) is 0.168. The van der Waals surface area contributed by atoms with Crippen LogP contribution in [0, 0.1) is 6.92 Å². The molecule has 0 amide bonds. The van der Waals surface area contributed by atoms with Crippen LogP contribution in [0.2, 0.25) is 0 Å². The molecule has 2 aliphatic rings. The number of rotatable bonds is 11. The summed E-state index contributed by atoms with van der Waals surface area (Å²) in [7, 11) is -2.11. The Bertz CT molecular complexity index is 1780. The standard InChI is InChI=1S/C40H46O7S/c1-27-11-12-30(23-32(27)25-46-39-9-5-3-7-36(39)41)28-13-18-34(19-14-28)48(43,44)35-20-15-29(16-21-35)31-17-22-38(45-2)33(24-31)26-47-40-10-6-4-8-37(40)42/h11-24,36-37,39-42H,3-10,25-26H2,1-2H3. The number of aliphatic hydroxyl groups is 2. The maximum atomic E-state index is 13.6. The van der Waals surface area contributed by atoms with Gasteiger partial charge in [0, 0.05) is 5.56 Å². The summed E-state index contributed by atoms with van der Waals surface area (Å²) in [6.45, 7) is 2.80. The number of aryl methyl sites for hydroxylation is 1. The van der Waals surface area contributed by atoms with Crippen molar-refractivity contribution in [2.45, 2.75) is 106 Å². The van der Waals surface area contributed by atoms with Crippen molar-refractivity contribution in [1.29, 1.82) is 0 Å². The Hall–Kier alpha value is -3.53. The van der Waals surface area contributed by atoms with Crippen LogP contribution in [0.25, 0.3) is 22.3 Å². The molecule has 2 N–H and O–H groups in total. The Morgan fingerprint density at radius 2 is 1.04 bits per heavy atom. The van der Waals surface area contributed by atoms with Crippen molar-refractivity contribution >= 4 is 9.84 Å². The van der Waals surface area contributed by atoms with Crippen molar-refractivity contribution in [1.82, 2.24) is 0 Å². The third-order valence-corrected chi connectivity index (χ3v) is 11.7. The maximum absolute atomic E-state index is 13.6. The molecule has 254 valence electrons. The van der Waals surface area contributed by atoms with Gasteiger partial charge in [-0.3, -0.25) is 0 Å². The van der Waals surface area contributed by atoms with Crippen LogP contribution in [-0.2, 0) is 32.5 Å². The Kier molecular flexibility index (Phi) is 11.0. The molecule has 4 aromatic rings. The van der Waals surface area contributed by atoms with Crippen LogP contribution in [0.5, 0.6) is 5.75 Å². The summed E-state index contributed by atoms with van der Waals surface area (Å²) < 4.78 is 45.0. The molecule has 0 saturated heterocycles. The van der Waals surface area contributed by atoms with Gasteiger partial charge in [-0.1, -0.05) is 68.1 Å². The number of hydrogen-bond acceptors (Lipinski definition) is 7. The van der Waals surface area contributed by atoms with E-state index in [-0.39, 0.29) is 22.0 Å². The highest BCUT2D eigenvalue weighted by Crippen LogP contribution is 2.32. The number of aliphatic hydroxyl groups excluding tert-OH is 2. The first kappa shape index (κ1) is 34.3. The third kappa shape index (κ3) is 7.85. The molecule has 4 aromatic carbocycles. The SMILES string of the molecule is COc1ccc(-c2ccc(S(=O)(=O)c3ccc(-c4ccc(C)c(COC5CCCCC5O)c4)cc3)cc2)cc1COC1CCCCC1O. The summed E-state index contributed by atoms with van der Waals surface area (Å²) in [6.07, 6.45) is 6.31. The van der Waals surface area contributed by atoms with Gasteiger partial charge >= 0.3 is 0 Å². The highest BCUT2D eigenvalue weighted by Gasteiger charge is 2.25. The van der Waals surface area contributed by atoms with Crippen molar-refractivity contribution in [2.24, 2.45) is 0 Å². The van der Waals surface area contributed by atoms with Crippen LogP contribution in [0.15, 0.2) is 94.7 Å². The minimum Gasteiger partial charge on any atom is -0.496 e. The van der Waals surface area contributed by atoms with E-state index in [0.29, 0.717) is 19.0 Å². The van der Waals surface area contributed by atoms with E-state index in [4.69, 9.17) is 14.2 Å². The zero-order valence-corrected chi connectivity index (χ0v) is 28.6. The van der Waals surface area contributed by atoms with Gasteiger partial charge in [-0.2, -0.15) is 0 Å². The summed E-state index contributed by atoms with van der Waals surface area (Å²) in [6, 6.07) is 25.9. The predicted octanol–water partition coefficient (Wildman–Crippen LogP) is 7.81. The molecule has 4 unspecified atom stereocenters. The van der Waals surface area contributed by atoms with Crippen molar-refractivity contribution in [3.05, 3.63) is 102 Å². The van der Waals surface area contributed by atoms with E-state index in [1.54, 1.807) is 31.4 Å². The van der Waals surface area contributed by atoms with Crippen LogP contribution in [0.4, 0.5) is 0 Å². The van der Waals surface area contributed by atoms with Gasteiger partial charge in [0.2, 0.25) is 9.84 Å². The zero-order valence-electron chi connectivity index (χ0n) is 27.8. The van der Waals surface area contributed by atoms with E-state index >= 15 is 0 Å². The first-order valence-corrected chi connectivity index (χ1v) is 18.5. The van der Waals surface area contributed by atoms with Crippen LogP contribution in [0.1, 0.15) is 68.1 Å². The lowest BCUT2D eigenvalue weighted by atomic mass is 9.94. The normalized spacial score (nSPS) is 21.6. The van der Waals surface area contributed by atoms with Crippen LogP contribution >= 0.6 is 0 Å². The fraction of sp³-hybridized carbons (Fsp3) is 0.400. The number of benzene rings is 4. The zero-order chi connectivity index (χ0) is 33.7. The van der Waals surface area contributed by atoms with Gasteiger partial charge in [0.25, 0.3) is 0 Å². The van der Waals surface area contributed by atoms with Crippen molar-refractivity contribution < 1.29 is 32.8 Å². The van der Waals surface area contributed by atoms with E-state index in [0.717, 1.165) is 90.3 Å². The van der Waals surface area contributed by atoms with Gasteiger partial charge in [0.15, 0.2) is 0 Å². The predicted molar refractivity (Wildman–Crippen MR) is 187 cm³/mol. The summed E-state index contributed by atoms with van der Waals surface area (Å²) in [5.41, 5.74) is 6.75. The summed E-state index contributed by atoms with van der Waals surface area (Å²) >= 11 is 0. The second kappa shape index (κ2) is 15.3. The average molecular weight is 671 g/mol. The lowest BCUT2D eigenvalue weighted by Crippen LogP contribution is -2.32. The molecule has 0 radical (unpaired) electrons. The largest absolute Gasteiger partial charge is 0.496 e. The molecule has 7 nitrogen and oxygen atoms in total. The van der Waals surface area contributed by atoms with Crippen molar-refractivity contribution in [3.8, 4) is 28.0 Å². The molecule has 8 heteroatoms. The summed E-state index contributed by atoms with van der Waals surface area (Å²) in [4.78, 5) is 0.455. The van der Waals surface area contributed by atoms with E-state index < -0.39 is 22.0 Å². The molecule has 2 saturated carbocycles. The number of ether oxygens (including phenoxy) is 3. The van der Waals surface area contributed by atoms with E-state index in [1.165, 1.54) is 0 Å². The smallest absolute Gasteiger partial charge is 0.206 e. The minimum absolute atomic E-state index is 0.129. The highest BCUT2D eigenvalue weighted by atomic mass is 32.2. The monoisotopic (exact) mass is 670 g/mol. The molecule has 48 heavy (non-hydrogen) atoms. The van der Waals surface area contributed by atoms with Crippen LogP contribution < -0.4 is 4.74 Å². The molecular formula is C40H46O7S. The molecule has 2 fully saturated rings. The second-order valence-corrected chi connectivity index (χ2v) is 15.1. The molecule has 0 bridgehead atoms. The van der Waals surface area contributed by atoms with Gasteiger partial charge < -0.3 is 24.4 Å². The van der Waals surface area contributed by atoms with Gasteiger partial charge in [0.1, 0.15) is 5.75 Å². The van der Waals surface area contributed by atoms with Gasteiger partial charge in [-0.15, -0.1) is 0 Å². The Labute approximate surface area is 284 Å². The number of methoxy groups -OCH3 is 1. The van der Waals surface area contributed by atoms with Gasteiger partial charge in [-0.05, 0) is 108 Å². The van der Waals surface area contributed by atoms with Crippen LogP contribution in [0.3, 0.4) is 0 Å². The molecule has 2 aliphatic carbocycles. The Balaban J connectivity index is 1.14. The molecule has 6 rings (SSSR count). The van der Waals surface area contributed by atoms with Gasteiger partial charge in [0.05, 0.1) is 54.5 Å². The van der Waals surface area contributed by atoms with Gasteiger partial charge in [-0.25, -0.2) is 8.42 Å². The molecule has 0 heterocycles. The van der Waals surface area contributed by atoms with Crippen molar-refractivity contribution in [2.75, 3.05) is 7.11 Å². The lowest BCUT2D eigenvalue weighted by molar-refractivity contribution is -0.0665. The fourth-order valence-electron chi connectivity index (χ4n) is 6.80. The molecule has 4 atom stereocenters. The summed E-state index contributed by atoms with van der Waals surface area (Å²) in [5, 5.41) is 20.6.